The number of nitrogens with zero attached hydrogens (tertiary/aromatic N) is 6. The summed E-state index contributed by atoms with van der Waals surface area (Å²) in [6.07, 6.45) is 2.89. The zero-order chi connectivity index (χ0) is 19.0. The second-order valence-electron chi connectivity index (χ2n) is 7.23. The molecule has 1 unspecified atom stereocenters. The lowest BCUT2D eigenvalue weighted by Crippen LogP contribution is -2.57. The van der Waals surface area contributed by atoms with Crippen molar-refractivity contribution in [1.82, 2.24) is 24.6 Å². The first kappa shape index (κ1) is 17.7. The average Bonchev–Trinajstić information content (AvgIpc) is 3.13. The van der Waals surface area contributed by atoms with Crippen LogP contribution < -0.4 is 4.90 Å². The molecule has 1 aromatic heterocycles. The van der Waals surface area contributed by atoms with Crippen molar-refractivity contribution in [2.45, 2.75) is 18.9 Å². The summed E-state index contributed by atoms with van der Waals surface area (Å²) in [6.45, 7) is 3.09. The fourth-order valence-corrected chi connectivity index (χ4v) is 3.81. The molecule has 8 nitrogen and oxygen atoms in total. The fourth-order valence-electron chi connectivity index (χ4n) is 3.81. The van der Waals surface area contributed by atoms with Gasteiger partial charge in [-0.1, -0.05) is 18.2 Å². The highest BCUT2D eigenvalue weighted by atomic mass is 16.2. The maximum Gasteiger partial charge on any atom is 0.298 e. The van der Waals surface area contributed by atoms with E-state index < -0.39 is 6.04 Å². The van der Waals surface area contributed by atoms with E-state index in [1.165, 1.54) is 11.0 Å². The molecule has 4 rings (SSSR count). The summed E-state index contributed by atoms with van der Waals surface area (Å²) in [7, 11) is 3.78. The molecular formula is C19H24N6O2. The predicted octanol–water partition coefficient (Wildman–Crippen LogP) is 0.551. The van der Waals surface area contributed by atoms with Crippen LogP contribution in [-0.4, -0.2) is 75.6 Å². The molecule has 2 aliphatic heterocycles. The highest BCUT2D eigenvalue weighted by molar-refractivity contribution is 6.08. The molecule has 2 aromatic rings. The van der Waals surface area contributed by atoms with Crippen molar-refractivity contribution in [2.75, 3.05) is 38.1 Å². The van der Waals surface area contributed by atoms with Crippen LogP contribution in [0.5, 0.6) is 0 Å². The van der Waals surface area contributed by atoms with Gasteiger partial charge in [0.15, 0.2) is 0 Å². The third-order valence-corrected chi connectivity index (χ3v) is 5.36. The zero-order valence-corrected chi connectivity index (χ0v) is 15.7. The van der Waals surface area contributed by atoms with E-state index in [9.17, 15) is 9.59 Å². The Morgan fingerprint density at radius 3 is 2.52 bits per heavy atom. The van der Waals surface area contributed by atoms with Gasteiger partial charge in [0, 0.05) is 38.9 Å². The number of carbonyl (C=O) groups excluding carboxylic acids is 2. The lowest BCUT2D eigenvalue weighted by Gasteiger charge is -2.40. The second kappa shape index (κ2) is 7.11. The lowest BCUT2D eigenvalue weighted by atomic mass is 9.94. The number of likely N-dealkylation sites (N-methyl/N-ethyl adjacent to an activating group) is 1. The van der Waals surface area contributed by atoms with Crippen molar-refractivity contribution < 1.29 is 9.59 Å². The molecule has 0 N–H and O–H groups in total. The van der Waals surface area contributed by atoms with E-state index in [1.54, 1.807) is 11.9 Å². The first-order valence-corrected chi connectivity index (χ1v) is 9.29. The number of anilines is 1. The Morgan fingerprint density at radius 2 is 1.81 bits per heavy atom. The summed E-state index contributed by atoms with van der Waals surface area (Å²) in [5.41, 5.74) is 1.86. The number of hydrogen-bond donors (Lipinski definition) is 0. The third-order valence-electron chi connectivity index (χ3n) is 5.36. The van der Waals surface area contributed by atoms with E-state index in [-0.39, 0.29) is 17.6 Å². The van der Waals surface area contributed by atoms with Crippen molar-refractivity contribution in [2.24, 2.45) is 7.05 Å². The summed E-state index contributed by atoms with van der Waals surface area (Å²) in [5, 5.41) is 4.16. The molecule has 1 aromatic carbocycles. The van der Waals surface area contributed by atoms with Crippen LogP contribution in [0.25, 0.3) is 0 Å². The molecule has 0 aliphatic carbocycles. The summed E-state index contributed by atoms with van der Waals surface area (Å²) >= 11 is 0. The molecule has 0 radical (unpaired) electrons. The van der Waals surface area contributed by atoms with Gasteiger partial charge in [-0.15, -0.1) is 5.10 Å². The number of aryl methyl sites for hydroxylation is 2. The summed E-state index contributed by atoms with van der Waals surface area (Å²) < 4.78 is 1.50. The molecule has 1 saturated heterocycles. The number of fused-ring (bicyclic) bond motifs is 1. The maximum absolute atomic E-state index is 13.3. The lowest BCUT2D eigenvalue weighted by molar-refractivity contribution is -0.134. The minimum Gasteiger partial charge on any atom is -0.338 e. The molecule has 0 bridgehead atoms. The first-order valence-electron chi connectivity index (χ1n) is 9.29. The zero-order valence-electron chi connectivity index (χ0n) is 15.7. The van der Waals surface area contributed by atoms with Gasteiger partial charge in [0.1, 0.15) is 12.4 Å². The van der Waals surface area contributed by atoms with Gasteiger partial charge >= 0.3 is 0 Å². The monoisotopic (exact) mass is 368 g/mol. The van der Waals surface area contributed by atoms with Crippen LogP contribution >= 0.6 is 0 Å². The molecule has 8 heteroatoms. The largest absolute Gasteiger partial charge is 0.338 e. The highest BCUT2D eigenvalue weighted by Crippen LogP contribution is 2.32. The molecule has 2 amide bonds. The highest BCUT2D eigenvalue weighted by Gasteiger charge is 2.39. The van der Waals surface area contributed by atoms with E-state index in [2.05, 4.69) is 22.0 Å². The van der Waals surface area contributed by atoms with Gasteiger partial charge < -0.3 is 9.80 Å². The Labute approximate surface area is 158 Å². The Hall–Kier alpha value is -2.74. The molecule has 1 atom stereocenters. The Kier molecular flexibility index (Phi) is 4.65. The molecule has 0 spiro atoms. The van der Waals surface area contributed by atoms with E-state index in [4.69, 9.17) is 0 Å². The SMILES string of the molecule is CN1CCN(C(=O)C2CCc3ccccc3N2C(=O)c2ncn(C)n2)CC1. The first-order chi connectivity index (χ1) is 13.0. The van der Waals surface area contributed by atoms with Crippen molar-refractivity contribution in [1.29, 1.82) is 0 Å². The van der Waals surface area contributed by atoms with Gasteiger partial charge in [-0.2, -0.15) is 0 Å². The number of hydrogen-bond acceptors (Lipinski definition) is 5. The van der Waals surface area contributed by atoms with Crippen LogP contribution in [-0.2, 0) is 18.3 Å². The average molecular weight is 368 g/mol. The van der Waals surface area contributed by atoms with Crippen LogP contribution in [0.4, 0.5) is 5.69 Å². The summed E-state index contributed by atoms with van der Waals surface area (Å²) in [6, 6.07) is 7.26. The van der Waals surface area contributed by atoms with Gasteiger partial charge in [-0.05, 0) is 31.5 Å². The molecular weight excluding hydrogens is 344 g/mol. The number of benzene rings is 1. The number of aromatic nitrogens is 3. The minimum absolute atomic E-state index is 0.0156. The van der Waals surface area contributed by atoms with Crippen molar-refractivity contribution in [3.63, 3.8) is 0 Å². The topological polar surface area (TPSA) is 74.6 Å². The third kappa shape index (κ3) is 3.32. The molecule has 0 saturated carbocycles. The van der Waals surface area contributed by atoms with E-state index in [0.29, 0.717) is 19.5 Å². The molecule has 27 heavy (non-hydrogen) atoms. The second-order valence-corrected chi connectivity index (χ2v) is 7.23. The smallest absolute Gasteiger partial charge is 0.298 e. The van der Waals surface area contributed by atoms with Gasteiger partial charge in [0.2, 0.25) is 11.7 Å². The van der Waals surface area contributed by atoms with Crippen LogP contribution in [0, 0.1) is 0 Å². The van der Waals surface area contributed by atoms with Gasteiger partial charge in [0.25, 0.3) is 5.91 Å². The molecule has 2 aliphatic rings. The Bertz CT molecular complexity index is 855. The summed E-state index contributed by atoms with van der Waals surface area (Å²) in [5.74, 6) is -0.192. The molecule has 142 valence electrons. The van der Waals surface area contributed by atoms with E-state index in [0.717, 1.165) is 30.8 Å². The normalized spacial score (nSPS) is 20.4. The van der Waals surface area contributed by atoms with Crippen LogP contribution in [0.3, 0.4) is 0 Å². The summed E-state index contributed by atoms with van der Waals surface area (Å²) in [4.78, 5) is 36.3. The standard InChI is InChI=1S/C19H24N6O2/c1-22-9-11-24(12-10-22)18(26)16-8-7-14-5-3-4-6-15(14)25(16)19(27)17-20-13-23(2)21-17/h3-6,13,16H,7-12H2,1-2H3. The van der Waals surface area contributed by atoms with Gasteiger partial charge in [0.05, 0.1) is 0 Å². The number of rotatable bonds is 2. The van der Waals surface area contributed by atoms with Crippen LogP contribution in [0.1, 0.15) is 22.6 Å². The Morgan fingerprint density at radius 1 is 1.07 bits per heavy atom. The van der Waals surface area contributed by atoms with Crippen molar-refractivity contribution >= 4 is 17.5 Å². The van der Waals surface area contributed by atoms with Crippen LogP contribution in [0.2, 0.25) is 0 Å². The minimum atomic E-state index is -0.514. The predicted molar refractivity (Wildman–Crippen MR) is 100 cm³/mol. The fraction of sp³-hybridized carbons (Fsp3) is 0.474. The molecule has 1 fully saturated rings. The van der Waals surface area contributed by atoms with E-state index >= 15 is 0 Å². The number of carbonyl (C=O) groups is 2. The number of amides is 2. The van der Waals surface area contributed by atoms with Crippen molar-refractivity contribution in [3.05, 3.63) is 42.0 Å². The Balaban J connectivity index is 1.67. The molecule has 3 heterocycles. The van der Waals surface area contributed by atoms with Crippen molar-refractivity contribution in [3.8, 4) is 0 Å². The number of piperazine rings is 1. The van der Waals surface area contributed by atoms with Crippen LogP contribution in [0.15, 0.2) is 30.6 Å². The quantitative estimate of drug-likeness (QED) is 0.774. The van der Waals surface area contributed by atoms with E-state index in [1.807, 2.05) is 29.2 Å². The maximum atomic E-state index is 13.3. The number of para-hydroxylation sites is 1. The van der Waals surface area contributed by atoms with Gasteiger partial charge in [-0.25, -0.2) is 4.98 Å². The van der Waals surface area contributed by atoms with Gasteiger partial charge in [-0.3, -0.25) is 19.2 Å².